The highest BCUT2D eigenvalue weighted by Crippen LogP contribution is 2.30. The van der Waals surface area contributed by atoms with Gasteiger partial charge in [-0.05, 0) is 55.4 Å². The standard InChI is InChI=1S/C20H27N3O2/c1-23-13-21-12-19(23)20-11-17(7-8-25-20)22-16-5-3-14-4-6-18(24-2)10-15(14)9-16/h4,6,10,12-13,16-17,20,22H,3,5,7-9,11H2,1-2H3/t16-,17-,20-/m1/s1. The first-order valence-corrected chi connectivity index (χ1v) is 9.22. The number of benzene rings is 1. The molecule has 5 nitrogen and oxygen atoms in total. The van der Waals surface area contributed by atoms with Gasteiger partial charge in [0.15, 0.2) is 0 Å². The molecule has 1 aromatic carbocycles. The van der Waals surface area contributed by atoms with Crippen LogP contribution in [0.15, 0.2) is 30.7 Å². The lowest BCUT2D eigenvalue weighted by atomic mass is 9.87. The molecule has 0 amide bonds. The van der Waals surface area contributed by atoms with Gasteiger partial charge in [-0.3, -0.25) is 0 Å². The normalized spacial score (nSPS) is 26.2. The largest absolute Gasteiger partial charge is 0.497 e. The Labute approximate surface area is 149 Å². The molecule has 25 heavy (non-hydrogen) atoms. The van der Waals surface area contributed by atoms with Crippen LogP contribution in [-0.4, -0.2) is 35.4 Å². The molecule has 2 aromatic rings. The summed E-state index contributed by atoms with van der Waals surface area (Å²) in [7, 11) is 3.77. The zero-order chi connectivity index (χ0) is 17.2. The van der Waals surface area contributed by atoms with Crippen LogP contribution in [-0.2, 0) is 24.6 Å². The first kappa shape index (κ1) is 16.6. The number of nitrogens with one attached hydrogen (secondary N) is 1. The van der Waals surface area contributed by atoms with Crippen molar-refractivity contribution in [3.8, 4) is 5.75 Å². The molecule has 4 rings (SSSR count). The number of fused-ring (bicyclic) bond motifs is 1. The Kier molecular flexibility index (Phi) is 4.77. The van der Waals surface area contributed by atoms with Crippen LogP contribution in [0.2, 0.25) is 0 Å². The average Bonchev–Trinajstić information content (AvgIpc) is 3.07. The van der Waals surface area contributed by atoms with Crippen molar-refractivity contribution in [3.63, 3.8) is 0 Å². The monoisotopic (exact) mass is 341 g/mol. The highest BCUT2D eigenvalue weighted by molar-refractivity contribution is 5.37. The minimum Gasteiger partial charge on any atom is -0.497 e. The van der Waals surface area contributed by atoms with Crippen molar-refractivity contribution < 1.29 is 9.47 Å². The van der Waals surface area contributed by atoms with Crippen molar-refractivity contribution in [3.05, 3.63) is 47.5 Å². The lowest BCUT2D eigenvalue weighted by Crippen LogP contribution is -2.44. The van der Waals surface area contributed by atoms with Gasteiger partial charge in [0.05, 0.1) is 25.3 Å². The van der Waals surface area contributed by atoms with Gasteiger partial charge in [-0.2, -0.15) is 0 Å². The number of aryl methyl sites for hydroxylation is 2. The molecule has 3 atom stereocenters. The van der Waals surface area contributed by atoms with E-state index in [0.29, 0.717) is 12.1 Å². The highest BCUT2D eigenvalue weighted by atomic mass is 16.5. The van der Waals surface area contributed by atoms with Crippen LogP contribution in [0.25, 0.3) is 0 Å². The molecule has 5 heteroatoms. The Morgan fingerprint density at radius 3 is 2.96 bits per heavy atom. The number of nitrogens with zero attached hydrogens (tertiary/aromatic N) is 2. The summed E-state index contributed by atoms with van der Waals surface area (Å²) in [6.45, 7) is 0.810. The van der Waals surface area contributed by atoms with Gasteiger partial charge in [-0.15, -0.1) is 0 Å². The summed E-state index contributed by atoms with van der Waals surface area (Å²) in [4.78, 5) is 4.23. The summed E-state index contributed by atoms with van der Waals surface area (Å²) < 4.78 is 13.4. The Morgan fingerprint density at radius 1 is 1.24 bits per heavy atom. The van der Waals surface area contributed by atoms with E-state index in [4.69, 9.17) is 9.47 Å². The molecule has 1 saturated heterocycles. The topological polar surface area (TPSA) is 48.3 Å². The Morgan fingerprint density at radius 2 is 2.16 bits per heavy atom. The maximum absolute atomic E-state index is 5.99. The number of rotatable bonds is 4. The molecule has 2 heterocycles. The quantitative estimate of drug-likeness (QED) is 0.929. The van der Waals surface area contributed by atoms with Crippen LogP contribution < -0.4 is 10.1 Å². The molecule has 134 valence electrons. The molecule has 1 aliphatic carbocycles. The van der Waals surface area contributed by atoms with Crippen LogP contribution in [0.3, 0.4) is 0 Å². The fourth-order valence-corrected chi connectivity index (χ4v) is 4.17. The van der Waals surface area contributed by atoms with E-state index in [1.165, 1.54) is 23.2 Å². The number of methoxy groups -OCH3 is 1. The van der Waals surface area contributed by atoms with E-state index in [1.54, 1.807) is 7.11 Å². The van der Waals surface area contributed by atoms with E-state index < -0.39 is 0 Å². The minimum absolute atomic E-state index is 0.148. The fraction of sp³-hybridized carbons (Fsp3) is 0.550. The Hall–Kier alpha value is -1.85. The summed E-state index contributed by atoms with van der Waals surface area (Å²) in [5.41, 5.74) is 4.07. The first-order valence-electron chi connectivity index (χ1n) is 9.22. The molecule has 0 unspecified atom stereocenters. The molecule has 1 N–H and O–H groups in total. The maximum atomic E-state index is 5.99. The van der Waals surface area contributed by atoms with Gasteiger partial charge in [0.25, 0.3) is 0 Å². The van der Waals surface area contributed by atoms with Crippen molar-refractivity contribution in [1.82, 2.24) is 14.9 Å². The van der Waals surface area contributed by atoms with Crippen LogP contribution in [0, 0.1) is 0 Å². The van der Waals surface area contributed by atoms with Crippen molar-refractivity contribution in [2.45, 2.75) is 50.3 Å². The Bertz CT molecular complexity index is 727. The summed E-state index contributed by atoms with van der Waals surface area (Å²) in [6.07, 6.45) is 9.45. The third-order valence-corrected chi connectivity index (χ3v) is 5.58. The van der Waals surface area contributed by atoms with E-state index in [9.17, 15) is 0 Å². The van der Waals surface area contributed by atoms with Crippen molar-refractivity contribution >= 4 is 0 Å². The number of aromatic nitrogens is 2. The summed E-state index contributed by atoms with van der Waals surface area (Å²) in [5.74, 6) is 0.960. The van der Waals surface area contributed by atoms with E-state index in [0.717, 1.165) is 38.0 Å². The second kappa shape index (κ2) is 7.18. The van der Waals surface area contributed by atoms with Gasteiger partial charge in [-0.1, -0.05) is 6.07 Å². The molecule has 0 spiro atoms. The Balaban J connectivity index is 1.39. The molecule has 2 aliphatic rings. The summed E-state index contributed by atoms with van der Waals surface area (Å²) in [6, 6.07) is 7.53. The SMILES string of the molecule is COc1ccc2c(c1)C[C@H](N[C@@H]1CCO[C@@H](c3cncn3C)C1)CC2. The van der Waals surface area contributed by atoms with E-state index in [2.05, 4.69) is 33.1 Å². The number of ether oxygens (including phenoxy) is 2. The number of hydrogen-bond donors (Lipinski definition) is 1. The molecular weight excluding hydrogens is 314 g/mol. The van der Waals surface area contributed by atoms with Crippen LogP contribution in [0.5, 0.6) is 5.75 Å². The molecule has 0 saturated carbocycles. The third-order valence-electron chi connectivity index (χ3n) is 5.58. The van der Waals surface area contributed by atoms with Crippen molar-refractivity contribution in [1.29, 1.82) is 0 Å². The van der Waals surface area contributed by atoms with Gasteiger partial charge in [-0.25, -0.2) is 4.98 Å². The fourth-order valence-electron chi connectivity index (χ4n) is 4.17. The van der Waals surface area contributed by atoms with Gasteiger partial charge in [0, 0.05) is 25.7 Å². The van der Waals surface area contributed by atoms with Gasteiger partial charge >= 0.3 is 0 Å². The second-order valence-electron chi connectivity index (χ2n) is 7.25. The number of imidazole rings is 1. The predicted octanol–water partition coefficient (Wildman–Crippen LogP) is 2.80. The molecule has 0 bridgehead atoms. The molecule has 1 aromatic heterocycles. The van der Waals surface area contributed by atoms with Crippen molar-refractivity contribution in [2.75, 3.05) is 13.7 Å². The number of hydrogen-bond acceptors (Lipinski definition) is 4. The lowest BCUT2D eigenvalue weighted by molar-refractivity contribution is -0.00592. The van der Waals surface area contributed by atoms with Gasteiger partial charge in [0.1, 0.15) is 11.9 Å². The van der Waals surface area contributed by atoms with Crippen LogP contribution in [0.1, 0.15) is 42.2 Å². The smallest absolute Gasteiger partial charge is 0.119 e. The zero-order valence-corrected chi connectivity index (χ0v) is 15.1. The predicted molar refractivity (Wildman–Crippen MR) is 96.9 cm³/mol. The second-order valence-corrected chi connectivity index (χ2v) is 7.25. The first-order chi connectivity index (χ1) is 12.2. The van der Waals surface area contributed by atoms with Crippen LogP contribution >= 0.6 is 0 Å². The highest BCUT2D eigenvalue weighted by Gasteiger charge is 2.28. The molecule has 0 radical (unpaired) electrons. The molecular formula is C20H27N3O2. The summed E-state index contributed by atoms with van der Waals surface area (Å²) >= 11 is 0. The van der Waals surface area contributed by atoms with Gasteiger partial charge in [0.2, 0.25) is 0 Å². The third kappa shape index (κ3) is 3.58. The average molecular weight is 341 g/mol. The molecule has 1 aliphatic heterocycles. The van der Waals surface area contributed by atoms with Crippen LogP contribution in [0.4, 0.5) is 0 Å². The molecule has 1 fully saturated rings. The van der Waals surface area contributed by atoms with E-state index in [-0.39, 0.29) is 6.10 Å². The minimum atomic E-state index is 0.148. The van der Waals surface area contributed by atoms with E-state index >= 15 is 0 Å². The summed E-state index contributed by atoms with van der Waals surface area (Å²) in [5, 5.41) is 3.90. The maximum Gasteiger partial charge on any atom is 0.119 e. The zero-order valence-electron chi connectivity index (χ0n) is 15.1. The van der Waals surface area contributed by atoms with E-state index in [1.807, 2.05) is 19.6 Å². The van der Waals surface area contributed by atoms with Gasteiger partial charge < -0.3 is 19.4 Å². The van der Waals surface area contributed by atoms with Crippen molar-refractivity contribution in [2.24, 2.45) is 7.05 Å². The lowest BCUT2D eigenvalue weighted by Gasteiger charge is -2.35.